The van der Waals surface area contributed by atoms with Crippen molar-refractivity contribution in [2.24, 2.45) is 0 Å². The van der Waals surface area contributed by atoms with Gasteiger partial charge in [0.25, 0.3) is 0 Å². The van der Waals surface area contributed by atoms with E-state index in [1.54, 1.807) is 13.0 Å². The first-order chi connectivity index (χ1) is 14.6. The van der Waals surface area contributed by atoms with Gasteiger partial charge in [-0.3, -0.25) is 4.79 Å². The first-order valence-electron chi connectivity index (χ1n) is 9.49. The molecule has 0 radical (unpaired) electrons. The van der Waals surface area contributed by atoms with E-state index >= 15 is 0 Å². The second kappa shape index (κ2) is 10.5. The van der Waals surface area contributed by atoms with Crippen LogP contribution < -0.4 is 10.1 Å². The Morgan fingerprint density at radius 1 is 1.29 bits per heavy atom. The number of nitrogens with one attached hydrogen (secondary N) is 1. The normalized spacial score (nSPS) is 18.5. The summed E-state index contributed by atoms with van der Waals surface area (Å²) in [6, 6.07) is 4.13. The van der Waals surface area contributed by atoms with Crippen molar-refractivity contribution >= 4 is 12.0 Å². The Bertz CT molecular complexity index is 802. The summed E-state index contributed by atoms with van der Waals surface area (Å²) in [6.45, 7) is 4.16. The first kappa shape index (κ1) is 24.4. The molecule has 7 nitrogen and oxygen atoms in total. The van der Waals surface area contributed by atoms with Crippen LogP contribution in [0.1, 0.15) is 12.0 Å². The van der Waals surface area contributed by atoms with Crippen molar-refractivity contribution in [1.29, 1.82) is 0 Å². The van der Waals surface area contributed by atoms with Crippen LogP contribution in [-0.4, -0.2) is 68.1 Å². The number of halogens is 4. The molecule has 1 aromatic rings. The van der Waals surface area contributed by atoms with Crippen LogP contribution in [0.15, 0.2) is 30.9 Å². The van der Waals surface area contributed by atoms with Gasteiger partial charge >= 0.3 is 12.3 Å². The maximum atomic E-state index is 13.5. The van der Waals surface area contributed by atoms with Crippen LogP contribution in [0.25, 0.3) is 0 Å². The zero-order valence-electron chi connectivity index (χ0n) is 17.0. The molecule has 1 aliphatic rings. The molecule has 2 amide bonds. The fourth-order valence-electron chi connectivity index (χ4n) is 2.95. The van der Waals surface area contributed by atoms with Crippen LogP contribution >= 0.6 is 0 Å². The van der Waals surface area contributed by atoms with Crippen molar-refractivity contribution in [2.75, 3.05) is 39.5 Å². The van der Waals surface area contributed by atoms with Gasteiger partial charge in [0.2, 0.25) is 11.5 Å². The van der Waals surface area contributed by atoms with Crippen molar-refractivity contribution in [1.82, 2.24) is 10.2 Å². The molecule has 0 spiro atoms. The van der Waals surface area contributed by atoms with Gasteiger partial charge in [0.15, 0.2) is 0 Å². The summed E-state index contributed by atoms with van der Waals surface area (Å²) in [7, 11) is 0. The number of ether oxygens (including phenoxy) is 3. The highest BCUT2D eigenvalue weighted by Crippen LogP contribution is 2.41. The lowest BCUT2D eigenvalue weighted by Gasteiger charge is -2.31. The Kier molecular flexibility index (Phi) is 8.26. The Labute approximate surface area is 176 Å². The van der Waals surface area contributed by atoms with E-state index in [-0.39, 0.29) is 32.9 Å². The molecule has 11 heteroatoms. The Morgan fingerprint density at radius 2 is 2.03 bits per heavy atom. The number of carbonyl (C=O) groups excluding carboxylic acids is 2. The highest BCUT2D eigenvalue weighted by Gasteiger charge is 2.62. The third-order valence-corrected chi connectivity index (χ3v) is 4.67. The second-order valence-corrected chi connectivity index (χ2v) is 6.89. The summed E-state index contributed by atoms with van der Waals surface area (Å²) in [6.07, 6.45) is -5.76. The molecule has 1 aromatic carbocycles. The van der Waals surface area contributed by atoms with Gasteiger partial charge in [-0.25, -0.2) is 9.18 Å². The number of benzene rings is 1. The molecule has 0 saturated carbocycles. The Hall–Kier alpha value is -2.82. The third-order valence-electron chi connectivity index (χ3n) is 4.67. The summed E-state index contributed by atoms with van der Waals surface area (Å²) in [5.41, 5.74) is -2.02. The van der Waals surface area contributed by atoms with E-state index in [0.717, 1.165) is 16.5 Å². The number of hydrogen-bond acceptors (Lipinski definition) is 5. The maximum Gasteiger partial charge on any atom is 0.430 e. The third kappa shape index (κ3) is 6.58. The molecule has 1 aliphatic heterocycles. The molecular formula is C20H24F4N2O5. The number of amides is 2. The molecule has 0 bridgehead atoms. The molecular weight excluding hydrogens is 424 g/mol. The average molecular weight is 448 g/mol. The van der Waals surface area contributed by atoms with Crippen LogP contribution in [0.2, 0.25) is 0 Å². The minimum atomic E-state index is -4.84. The van der Waals surface area contributed by atoms with Crippen molar-refractivity contribution < 1.29 is 41.4 Å². The lowest BCUT2D eigenvalue weighted by molar-refractivity contribution is -0.252. The number of alkyl carbamates (subject to hydrolysis) is 1. The van der Waals surface area contributed by atoms with Crippen molar-refractivity contribution in [3.05, 3.63) is 42.2 Å². The van der Waals surface area contributed by atoms with Crippen LogP contribution in [0, 0.1) is 12.7 Å². The fraction of sp³-hybridized carbons (Fsp3) is 0.500. The predicted molar refractivity (Wildman–Crippen MR) is 102 cm³/mol. The van der Waals surface area contributed by atoms with E-state index < -0.39 is 42.6 Å². The number of nitrogens with zero attached hydrogens (tertiary/aromatic N) is 1. The quantitative estimate of drug-likeness (QED) is 0.357. The van der Waals surface area contributed by atoms with Crippen molar-refractivity contribution in [2.45, 2.75) is 25.1 Å². The fourth-order valence-corrected chi connectivity index (χ4v) is 2.95. The molecule has 1 unspecified atom stereocenters. The Balaban J connectivity index is 1.71. The average Bonchev–Trinajstić information content (AvgIpc) is 3.14. The molecule has 1 saturated heterocycles. The summed E-state index contributed by atoms with van der Waals surface area (Å²) in [5.74, 6) is -0.720. The van der Waals surface area contributed by atoms with E-state index in [2.05, 4.69) is 16.6 Å². The zero-order chi connectivity index (χ0) is 23.1. The van der Waals surface area contributed by atoms with Crippen LogP contribution in [-0.2, 0) is 14.3 Å². The zero-order valence-corrected chi connectivity index (χ0v) is 17.0. The van der Waals surface area contributed by atoms with Gasteiger partial charge in [-0.05, 0) is 24.6 Å². The minimum Gasteiger partial charge on any atom is -0.491 e. The predicted octanol–water partition coefficient (Wildman–Crippen LogP) is 2.98. The molecule has 1 atom stereocenters. The molecule has 1 fully saturated rings. The topological polar surface area (TPSA) is 77.1 Å². The maximum absolute atomic E-state index is 13.5. The smallest absolute Gasteiger partial charge is 0.430 e. The first-order valence-corrected chi connectivity index (χ1v) is 9.49. The van der Waals surface area contributed by atoms with Gasteiger partial charge in [0.1, 0.15) is 18.2 Å². The molecule has 1 heterocycles. The van der Waals surface area contributed by atoms with E-state index in [4.69, 9.17) is 9.47 Å². The number of carbonyl (C=O) groups is 2. The molecule has 1 N–H and O–H groups in total. The second-order valence-electron chi connectivity index (χ2n) is 6.89. The van der Waals surface area contributed by atoms with Gasteiger partial charge < -0.3 is 24.4 Å². The SMILES string of the molecule is C=CC(=O)N1CCC(OC(=O)NCCOCCOc2cc(F)ccc2C)(C(F)(F)F)C1. The van der Waals surface area contributed by atoms with Gasteiger partial charge in [-0.1, -0.05) is 12.6 Å². The standard InChI is InChI=1S/C20H24F4N2O5/c1-3-17(27)26-8-6-19(13-26,20(22,23)24)31-18(28)25-7-9-29-10-11-30-16-12-15(21)5-4-14(16)2/h3-5,12H,1,6-11,13H2,2H3,(H,25,28). The Morgan fingerprint density at radius 3 is 2.71 bits per heavy atom. The van der Waals surface area contributed by atoms with Crippen LogP contribution in [0.5, 0.6) is 5.75 Å². The summed E-state index contributed by atoms with van der Waals surface area (Å²) >= 11 is 0. The number of hydrogen-bond donors (Lipinski definition) is 1. The lowest BCUT2D eigenvalue weighted by atomic mass is 10.0. The van der Waals surface area contributed by atoms with Gasteiger partial charge in [0.05, 0.1) is 19.8 Å². The molecule has 0 aliphatic carbocycles. The van der Waals surface area contributed by atoms with Gasteiger partial charge in [-0.15, -0.1) is 0 Å². The highest BCUT2D eigenvalue weighted by atomic mass is 19.4. The number of likely N-dealkylation sites (tertiary alicyclic amines) is 1. The van der Waals surface area contributed by atoms with Crippen molar-refractivity contribution in [3.63, 3.8) is 0 Å². The largest absolute Gasteiger partial charge is 0.491 e. The van der Waals surface area contributed by atoms with E-state index in [1.807, 2.05) is 0 Å². The van der Waals surface area contributed by atoms with Gasteiger partial charge in [0, 0.05) is 25.6 Å². The lowest BCUT2D eigenvalue weighted by Crippen LogP contribution is -2.53. The monoisotopic (exact) mass is 448 g/mol. The summed E-state index contributed by atoms with van der Waals surface area (Å²) < 4.78 is 69.0. The van der Waals surface area contributed by atoms with Gasteiger partial charge in [-0.2, -0.15) is 13.2 Å². The summed E-state index contributed by atoms with van der Waals surface area (Å²) in [5, 5.41) is 2.19. The molecule has 2 rings (SSSR count). The van der Waals surface area contributed by atoms with E-state index in [0.29, 0.717) is 5.75 Å². The van der Waals surface area contributed by atoms with E-state index in [9.17, 15) is 27.2 Å². The molecule has 31 heavy (non-hydrogen) atoms. The number of aryl methyl sites for hydroxylation is 1. The van der Waals surface area contributed by atoms with E-state index in [1.165, 1.54) is 12.1 Å². The minimum absolute atomic E-state index is 0.000680. The van der Waals surface area contributed by atoms with Crippen molar-refractivity contribution in [3.8, 4) is 5.75 Å². The molecule has 172 valence electrons. The highest BCUT2D eigenvalue weighted by molar-refractivity contribution is 5.87. The molecule has 0 aromatic heterocycles. The number of rotatable bonds is 9. The summed E-state index contributed by atoms with van der Waals surface area (Å²) in [4.78, 5) is 24.4. The number of alkyl halides is 3. The van der Waals surface area contributed by atoms with Crippen LogP contribution in [0.3, 0.4) is 0 Å². The van der Waals surface area contributed by atoms with Crippen LogP contribution in [0.4, 0.5) is 22.4 Å².